The topological polar surface area (TPSA) is 85.5 Å². The van der Waals surface area contributed by atoms with Crippen molar-refractivity contribution in [2.45, 2.75) is 13.5 Å². The number of amides is 1. The first kappa shape index (κ1) is 24.4. The molecule has 4 rings (SSSR count). The van der Waals surface area contributed by atoms with E-state index in [0.717, 1.165) is 39.1 Å². The Hall–Kier alpha value is -3.74. The number of nitrogens with one attached hydrogen (secondary N) is 1. The largest absolute Gasteiger partial charge is 0.536 e. The molecule has 1 N–H and O–H groups in total. The number of anilines is 1. The summed E-state index contributed by atoms with van der Waals surface area (Å²) in [6, 6.07) is 23.3. The zero-order valence-electron chi connectivity index (χ0n) is 20.2. The molecule has 0 aliphatic carbocycles. The van der Waals surface area contributed by atoms with Gasteiger partial charge in [0.1, 0.15) is 11.6 Å². The summed E-state index contributed by atoms with van der Waals surface area (Å²) in [6.07, 6.45) is 1.61. The number of aromatic nitrogens is 1. The molecule has 0 saturated carbocycles. The van der Waals surface area contributed by atoms with Crippen molar-refractivity contribution in [1.29, 1.82) is 5.26 Å². The van der Waals surface area contributed by atoms with Crippen LogP contribution in [0.15, 0.2) is 72.3 Å². The lowest BCUT2D eigenvalue weighted by atomic mass is 10.1. The standard InChI is InChI=1S/C27H27N3O4Si/c1-5-30-25-9-7-6-8-23(25)24-17-19(10-15-26(24)30)16-20(18-28)27(31)29-21-11-13-22(14-12-21)35(32-2,33-3)34-4/h6-17H,5H2,1-4H3,(H,29,31). The maximum absolute atomic E-state index is 12.9. The van der Waals surface area contributed by atoms with E-state index in [1.807, 2.05) is 36.4 Å². The summed E-state index contributed by atoms with van der Waals surface area (Å²) in [5.41, 5.74) is 3.64. The minimum atomic E-state index is -2.96. The van der Waals surface area contributed by atoms with E-state index in [4.69, 9.17) is 13.3 Å². The Morgan fingerprint density at radius 3 is 2.26 bits per heavy atom. The third-order valence-corrected chi connectivity index (χ3v) is 8.74. The molecule has 7 nitrogen and oxygen atoms in total. The first-order valence-electron chi connectivity index (χ1n) is 11.2. The van der Waals surface area contributed by atoms with Crippen LogP contribution in [0.4, 0.5) is 5.69 Å². The molecule has 0 aliphatic heterocycles. The summed E-state index contributed by atoms with van der Waals surface area (Å²) >= 11 is 0. The summed E-state index contributed by atoms with van der Waals surface area (Å²) in [6.45, 7) is 2.97. The van der Waals surface area contributed by atoms with Crippen LogP contribution >= 0.6 is 0 Å². The highest BCUT2D eigenvalue weighted by Crippen LogP contribution is 2.30. The van der Waals surface area contributed by atoms with E-state index in [-0.39, 0.29) is 5.57 Å². The molecule has 1 heterocycles. The molecule has 1 aromatic heterocycles. The Balaban J connectivity index is 1.61. The van der Waals surface area contributed by atoms with Gasteiger partial charge in [0.05, 0.1) is 0 Å². The molecule has 0 saturated heterocycles. The Morgan fingerprint density at radius 2 is 1.63 bits per heavy atom. The van der Waals surface area contributed by atoms with Crippen LogP contribution in [0.1, 0.15) is 12.5 Å². The first-order valence-corrected chi connectivity index (χ1v) is 12.9. The van der Waals surface area contributed by atoms with Gasteiger partial charge in [-0.1, -0.05) is 36.4 Å². The molecular formula is C27H27N3O4Si. The molecule has 8 heteroatoms. The molecule has 4 aromatic rings. The molecule has 35 heavy (non-hydrogen) atoms. The lowest BCUT2D eigenvalue weighted by Gasteiger charge is -2.24. The van der Waals surface area contributed by atoms with Crippen molar-refractivity contribution < 1.29 is 18.1 Å². The molecule has 0 unspecified atom stereocenters. The number of carbonyl (C=O) groups excluding carboxylic acids is 1. The quantitative estimate of drug-likeness (QED) is 0.226. The average molecular weight is 486 g/mol. The van der Waals surface area contributed by atoms with Crippen molar-refractivity contribution in [3.63, 3.8) is 0 Å². The third-order valence-electron chi connectivity index (χ3n) is 6.09. The van der Waals surface area contributed by atoms with Crippen molar-refractivity contribution in [2.75, 3.05) is 26.6 Å². The van der Waals surface area contributed by atoms with E-state index in [1.54, 1.807) is 30.3 Å². The maximum Gasteiger partial charge on any atom is 0.536 e. The number of aryl methyl sites for hydroxylation is 1. The van der Waals surface area contributed by atoms with Crippen molar-refractivity contribution in [3.05, 3.63) is 77.9 Å². The predicted molar refractivity (Wildman–Crippen MR) is 140 cm³/mol. The van der Waals surface area contributed by atoms with Gasteiger partial charge in [-0.3, -0.25) is 4.79 Å². The van der Waals surface area contributed by atoms with Gasteiger partial charge in [-0.2, -0.15) is 5.26 Å². The molecule has 0 spiro atoms. The van der Waals surface area contributed by atoms with Crippen molar-refractivity contribution >= 4 is 53.5 Å². The van der Waals surface area contributed by atoms with Crippen molar-refractivity contribution in [3.8, 4) is 6.07 Å². The van der Waals surface area contributed by atoms with E-state index in [2.05, 4.69) is 28.9 Å². The summed E-state index contributed by atoms with van der Waals surface area (Å²) in [4.78, 5) is 12.9. The van der Waals surface area contributed by atoms with Crippen LogP contribution in [-0.4, -0.2) is 40.6 Å². The highest BCUT2D eigenvalue weighted by Gasteiger charge is 2.40. The van der Waals surface area contributed by atoms with E-state index in [1.165, 1.54) is 21.3 Å². The zero-order valence-corrected chi connectivity index (χ0v) is 21.2. The fourth-order valence-electron chi connectivity index (χ4n) is 4.38. The average Bonchev–Trinajstić information content (AvgIpc) is 3.22. The van der Waals surface area contributed by atoms with E-state index < -0.39 is 14.7 Å². The van der Waals surface area contributed by atoms with Gasteiger partial charge >= 0.3 is 8.80 Å². The number of benzene rings is 3. The molecule has 0 atom stereocenters. The zero-order chi connectivity index (χ0) is 25.0. The van der Waals surface area contributed by atoms with Crippen LogP contribution in [0.5, 0.6) is 0 Å². The second kappa shape index (κ2) is 10.3. The van der Waals surface area contributed by atoms with Gasteiger partial charge in [0.2, 0.25) is 0 Å². The van der Waals surface area contributed by atoms with Gasteiger partial charge in [-0.05, 0) is 48.9 Å². The second-order valence-electron chi connectivity index (χ2n) is 7.91. The van der Waals surface area contributed by atoms with Gasteiger partial charge in [0.15, 0.2) is 0 Å². The number of fused-ring (bicyclic) bond motifs is 3. The molecule has 0 aliphatic rings. The van der Waals surface area contributed by atoms with Gasteiger partial charge < -0.3 is 23.2 Å². The fraction of sp³-hybridized carbons (Fsp3) is 0.185. The highest BCUT2D eigenvalue weighted by atomic mass is 28.4. The minimum absolute atomic E-state index is 0.0158. The predicted octanol–water partition coefficient (Wildman–Crippen LogP) is 4.45. The van der Waals surface area contributed by atoms with E-state index in [0.29, 0.717) is 5.69 Å². The van der Waals surface area contributed by atoms with Crippen molar-refractivity contribution in [1.82, 2.24) is 4.57 Å². The highest BCUT2D eigenvalue weighted by molar-refractivity contribution is 6.75. The van der Waals surface area contributed by atoms with Gasteiger partial charge in [0, 0.05) is 60.6 Å². The minimum Gasteiger partial charge on any atom is -0.373 e. The Bertz CT molecular complexity index is 1440. The molecule has 1 amide bonds. The number of nitrogens with zero attached hydrogens (tertiary/aromatic N) is 2. The first-order chi connectivity index (χ1) is 17.0. The number of nitriles is 1. The van der Waals surface area contributed by atoms with E-state index >= 15 is 0 Å². The molecule has 0 radical (unpaired) electrons. The third kappa shape index (κ3) is 4.50. The van der Waals surface area contributed by atoms with E-state index in [9.17, 15) is 10.1 Å². The van der Waals surface area contributed by atoms with Crippen molar-refractivity contribution in [2.24, 2.45) is 0 Å². The lowest BCUT2D eigenvalue weighted by Crippen LogP contribution is -2.54. The molecule has 0 fully saturated rings. The number of hydrogen-bond acceptors (Lipinski definition) is 5. The number of rotatable bonds is 8. The van der Waals surface area contributed by atoms with Gasteiger partial charge in [-0.15, -0.1) is 0 Å². The number of carbonyl (C=O) groups is 1. The summed E-state index contributed by atoms with van der Waals surface area (Å²) in [5, 5.41) is 15.5. The molecule has 0 bridgehead atoms. The summed E-state index contributed by atoms with van der Waals surface area (Å²) < 4.78 is 18.7. The molecule has 178 valence electrons. The van der Waals surface area contributed by atoms with Gasteiger partial charge in [0.25, 0.3) is 5.91 Å². The smallest absolute Gasteiger partial charge is 0.373 e. The molecule has 3 aromatic carbocycles. The SMILES string of the molecule is CCn1c2ccccc2c2cc(C=C(C#N)C(=O)Nc3ccc([Si](OC)(OC)OC)cc3)ccc21. The monoisotopic (exact) mass is 485 g/mol. The van der Waals surface area contributed by atoms with Crippen LogP contribution in [0.3, 0.4) is 0 Å². The Labute approximate surface area is 205 Å². The number of para-hydroxylation sites is 1. The summed E-state index contributed by atoms with van der Waals surface area (Å²) in [7, 11) is 1.66. The van der Waals surface area contributed by atoms with Gasteiger partial charge in [-0.25, -0.2) is 0 Å². The number of hydrogen-bond donors (Lipinski definition) is 1. The fourth-order valence-corrected chi connectivity index (χ4v) is 6.16. The second-order valence-corrected chi connectivity index (χ2v) is 10.8. The van der Waals surface area contributed by atoms with Crippen LogP contribution < -0.4 is 10.5 Å². The van der Waals surface area contributed by atoms with Crippen LogP contribution in [0.25, 0.3) is 27.9 Å². The van der Waals surface area contributed by atoms with Crippen LogP contribution in [0.2, 0.25) is 0 Å². The van der Waals surface area contributed by atoms with Crippen LogP contribution in [-0.2, 0) is 24.6 Å². The normalized spacial score (nSPS) is 12.1. The van der Waals surface area contributed by atoms with Crippen LogP contribution in [0, 0.1) is 11.3 Å². The Kier molecular flexibility index (Phi) is 7.14. The summed E-state index contributed by atoms with van der Waals surface area (Å²) in [5.74, 6) is -0.481. The molecular weight excluding hydrogens is 458 g/mol. The maximum atomic E-state index is 12.9. The lowest BCUT2D eigenvalue weighted by molar-refractivity contribution is -0.112. The Morgan fingerprint density at radius 1 is 0.971 bits per heavy atom.